The molecule has 3 N–H and O–H groups in total. The Kier molecular flexibility index (Phi) is 7.65. The number of nitrogens with zero attached hydrogens (tertiary/aromatic N) is 5. The van der Waals surface area contributed by atoms with Gasteiger partial charge in [0.1, 0.15) is 10.8 Å². The molecule has 4 heterocycles. The van der Waals surface area contributed by atoms with Gasteiger partial charge >= 0.3 is 11.8 Å². The Hall–Kier alpha value is -3.08. The molecule has 2 aliphatic heterocycles. The highest BCUT2D eigenvalue weighted by atomic mass is 32.1. The minimum Gasteiger partial charge on any atom is -0.383 e. The van der Waals surface area contributed by atoms with E-state index in [0.717, 1.165) is 58.8 Å². The van der Waals surface area contributed by atoms with Gasteiger partial charge in [-0.1, -0.05) is 19.9 Å². The Morgan fingerprint density at radius 2 is 1.95 bits per heavy atom. The van der Waals surface area contributed by atoms with E-state index in [1.165, 1.54) is 6.20 Å². The monoisotopic (exact) mass is 535 g/mol. The molecule has 2 aliphatic rings. The van der Waals surface area contributed by atoms with Crippen molar-refractivity contribution in [2.24, 2.45) is 5.92 Å². The summed E-state index contributed by atoms with van der Waals surface area (Å²) in [7, 11) is 4.32. The molecule has 0 radical (unpaired) electrons. The zero-order chi connectivity index (χ0) is 27.0. The van der Waals surface area contributed by atoms with Crippen molar-refractivity contribution in [3.63, 3.8) is 0 Å². The van der Waals surface area contributed by atoms with E-state index in [1.807, 2.05) is 6.92 Å². The fraction of sp³-hybridized carbons (Fsp3) is 0.500. The van der Waals surface area contributed by atoms with Crippen LogP contribution in [-0.2, 0) is 16.0 Å². The van der Waals surface area contributed by atoms with Gasteiger partial charge in [0.2, 0.25) is 0 Å². The number of amides is 2. The van der Waals surface area contributed by atoms with Crippen LogP contribution in [0.2, 0.25) is 0 Å². The molecule has 38 heavy (non-hydrogen) atoms. The summed E-state index contributed by atoms with van der Waals surface area (Å²) in [5, 5.41) is 3.86. The number of rotatable bonds is 4. The van der Waals surface area contributed by atoms with Gasteiger partial charge in [-0.25, -0.2) is 9.97 Å². The number of piperazine rings is 1. The molecular formula is C28H37N7O2S. The lowest BCUT2D eigenvalue weighted by Gasteiger charge is -2.38. The normalized spacial score (nSPS) is 23.1. The molecule has 0 bridgehead atoms. The van der Waals surface area contributed by atoms with Gasteiger partial charge in [0.15, 0.2) is 0 Å². The van der Waals surface area contributed by atoms with Crippen LogP contribution in [0.5, 0.6) is 0 Å². The molecule has 9 nitrogen and oxygen atoms in total. The summed E-state index contributed by atoms with van der Waals surface area (Å²) in [6.07, 6.45) is 3.99. The number of carbonyl (C=O) groups excluding carboxylic acids is 2. The van der Waals surface area contributed by atoms with Gasteiger partial charge in [0.25, 0.3) is 0 Å². The molecule has 3 aromatic rings. The first-order valence-corrected chi connectivity index (χ1v) is 14.2. The Labute approximate surface area is 228 Å². The molecule has 1 unspecified atom stereocenters. The number of thiazole rings is 1. The smallest absolute Gasteiger partial charge is 0.313 e. The van der Waals surface area contributed by atoms with Gasteiger partial charge in [-0.15, -0.1) is 11.3 Å². The molecule has 0 aliphatic carbocycles. The average Bonchev–Trinajstić information content (AvgIpc) is 3.33. The highest BCUT2D eigenvalue weighted by Gasteiger charge is 2.35. The van der Waals surface area contributed by atoms with Crippen LogP contribution in [0, 0.1) is 5.92 Å². The van der Waals surface area contributed by atoms with E-state index in [4.69, 9.17) is 10.7 Å². The summed E-state index contributed by atoms with van der Waals surface area (Å²) in [6.45, 7) is 7.68. The first-order chi connectivity index (χ1) is 18.2. The van der Waals surface area contributed by atoms with Crippen molar-refractivity contribution >= 4 is 44.9 Å². The average molecular weight is 536 g/mol. The third-order valence-electron chi connectivity index (χ3n) is 7.86. The van der Waals surface area contributed by atoms with Crippen LogP contribution in [0.3, 0.4) is 0 Å². The number of pyridine rings is 1. The number of hydrogen-bond acceptors (Lipinski definition) is 8. The predicted octanol–water partition coefficient (Wildman–Crippen LogP) is 3.69. The number of nitrogens with two attached hydrogens (primary N) is 1. The lowest BCUT2D eigenvalue weighted by atomic mass is 9.89. The van der Waals surface area contributed by atoms with Crippen molar-refractivity contribution in [1.82, 2.24) is 24.7 Å². The van der Waals surface area contributed by atoms with Gasteiger partial charge in [0, 0.05) is 26.2 Å². The maximum atomic E-state index is 13.4. The maximum absolute atomic E-state index is 13.4. The largest absolute Gasteiger partial charge is 0.383 e. The summed E-state index contributed by atoms with van der Waals surface area (Å²) in [4.78, 5) is 42.1. The molecular weight excluding hydrogens is 498 g/mol. The topological polar surface area (TPSA) is 108 Å². The molecule has 1 aromatic carbocycles. The number of likely N-dealkylation sites (tertiary alicyclic amines) is 1. The molecule has 10 heteroatoms. The van der Waals surface area contributed by atoms with Crippen LogP contribution in [-0.4, -0.2) is 76.8 Å². The quantitative estimate of drug-likeness (QED) is 0.491. The molecule has 2 amide bonds. The zero-order valence-electron chi connectivity index (χ0n) is 22.6. The van der Waals surface area contributed by atoms with Gasteiger partial charge in [-0.2, -0.15) is 0 Å². The second kappa shape index (κ2) is 11.0. The molecule has 5 rings (SSSR count). The summed E-state index contributed by atoms with van der Waals surface area (Å²) in [5.74, 6) is -0.424. The fourth-order valence-corrected chi connectivity index (χ4v) is 6.60. The molecule has 0 saturated carbocycles. The Bertz CT molecular complexity index is 1340. The van der Waals surface area contributed by atoms with Gasteiger partial charge in [0.05, 0.1) is 34.2 Å². The molecule has 2 fully saturated rings. The second-order valence-electron chi connectivity index (χ2n) is 10.8. The van der Waals surface area contributed by atoms with E-state index in [-0.39, 0.29) is 12.1 Å². The fourth-order valence-electron chi connectivity index (χ4n) is 5.50. The minimum absolute atomic E-state index is 0.168. The number of fused-ring (bicyclic) bond motifs is 1. The van der Waals surface area contributed by atoms with Gasteiger partial charge in [-0.05, 0) is 68.6 Å². The van der Waals surface area contributed by atoms with Crippen LogP contribution < -0.4 is 11.1 Å². The summed E-state index contributed by atoms with van der Waals surface area (Å²) in [5.41, 5.74) is 9.19. The van der Waals surface area contributed by atoms with E-state index >= 15 is 0 Å². The number of anilines is 2. The molecule has 2 saturated heterocycles. The van der Waals surface area contributed by atoms with Crippen LogP contribution in [0.4, 0.5) is 11.5 Å². The number of piperidine rings is 1. The third-order valence-corrected chi connectivity index (χ3v) is 9.00. The molecule has 0 spiro atoms. The number of nitrogen functional groups attached to an aromatic ring is 1. The Morgan fingerprint density at radius 1 is 1.13 bits per heavy atom. The standard InChI is InChI=1S/C28H37N7O2S/c1-5-18-12-20(14-30-25(18)29)31-26(36)28(37)35-15-17(2)6-8-22(35)19-7-9-24-21(13-19)32-27(38-24)23-16-33(3)10-11-34(23)4/h7,9,12-14,17,22-23H,5-6,8,10-11,15-16H2,1-4H3,(H2,29,30)(H,31,36)/t17-,22+,23?/m0/s1. The highest BCUT2D eigenvalue weighted by molar-refractivity contribution is 7.18. The number of aromatic nitrogens is 2. The van der Waals surface area contributed by atoms with Crippen LogP contribution >= 0.6 is 11.3 Å². The van der Waals surface area contributed by atoms with E-state index in [2.05, 4.69) is 59.3 Å². The maximum Gasteiger partial charge on any atom is 0.313 e. The van der Waals surface area contributed by atoms with E-state index < -0.39 is 11.8 Å². The second-order valence-corrected chi connectivity index (χ2v) is 11.8. The van der Waals surface area contributed by atoms with Crippen molar-refractivity contribution in [1.29, 1.82) is 0 Å². The number of nitrogens with one attached hydrogen (secondary N) is 1. The number of aryl methyl sites for hydroxylation is 1. The number of benzene rings is 1. The summed E-state index contributed by atoms with van der Waals surface area (Å²) >= 11 is 1.74. The SMILES string of the molecule is CCc1cc(NC(=O)C(=O)N2C[C@@H](C)CC[C@@H]2c2ccc3sc(C4CN(C)CCN4C)nc3c2)cnc1N. The molecule has 3 atom stereocenters. The van der Waals surface area contributed by atoms with Crippen molar-refractivity contribution < 1.29 is 9.59 Å². The Morgan fingerprint density at radius 3 is 2.74 bits per heavy atom. The van der Waals surface area contributed by atoms with Gasteiger partial charge < -0.3 is 20.9 Å². The summed E-state index contributed by atoms with van der Waals surface area (Å²) in [6, 6.07) is 8.21. The van der Waals surface area contributed by atoms with Crippen molar-refractivity contribution in [3.8, 4) is 0 Å². The van der Waals surface area contributed by atoms with Crippen LogP contribution in [0.1, 0.15) is 54.9 Å². The molecule has 2 aromatic heterocycles. The van der Waals surface area contributed by atoms with Crippen LogP contribution in [0.25, 0.3) is 10.2 Å². The first-order valence-electron chi connectivity index (χ1n) is 13.4. The van der Waals surface area contributed by atoms with E-state index in [1.54, 1.807) is 22.3 Å². The summed E-state index contributed by atoms with van der Waals surface area (Å²) < 4.78 is 1.15. The lowest BCUT2D eigenvalue weighted by molar-refractivity contribution is -0.146. The van der Waals surface area contributed by atoms with E-state index in [9.17, 15) is 9.59 Å². The van der Waals surface area contributed by atoms with Crippen molar-refractivity contribution in [3.05, 3.63) is 46.6 Å². The Balaban J connectivity index is 1.38. The minimum atomic E-state index is -0.654. The zero-order valence-corrected chi connectivity index (χ0v) is 23.4. The number of likely N-dealkylation sites (N-methyl/N-ethyl adjacent to an activating group) is 2. The van der Waals surface area contributed by atoms with Crippen molar-refractivity contribution in [2.75, 3.05) is 51.3 Å². The van der Waals surface area contributed by atoms with E-state index in [0.29, 0.717) is 30.4 Å². The van der Waals surface area contributed by atoms with Gasteiger partial charge in [-0.3, -0.25) is 14.5 Å². The van der Waals surface area contributed by atoms with Crippen molar-refractivity contribution in [2.45, 2.75) is 45.2 Å². The van der Waals surface area contributed by atoms with Crippen LogP contribution in [0.15, 0.2) is 30.5 Å². The first kappa shape index (κ1) is 26.5. The predicted molar refractivity (Wildman–Crippen MR) is 152 cm³/mol. The highest BCUT2D eigenvalue weighted by Crippen LogP contribution is 2.37. The molecule has 202 valence electrons. The number of carbonyl (C=O) groups is 2. The third kappa shape index (κ3) is 5.39. The number of hydrogen-bond donors (Lipinski definition) is 2. The lowest BCUT2D eigenvalue weighted by Crippen LogP contribution is -2.46.